The van der Waals surface area contributed by atoms with E-state index in [1.165, 1.54) is 12.1 Å². The number of carbonyl (C=O) groups is 1. The van der Waals surface area contributed by atoms with Crippen LogP contribution in [0.25, 0.3) is 0 Å². The Labute approximate surface area is 105 Å². The normalized spacial score (nSPS) is 12.4. The van der Waals surface area contributed by atoms with Crippen LogP contribution in [0.5, 0.6) is 0 Å². The van der Waals surface area contributed by atoms with Crippen LogP contribution in [0.15, 0.2) is 18.2 Å². The molecule has 17 heavy (non-hydrogen) atoms. The van der Waals surface area contributed by atoms with Gasteiger partial charge in [0.05, 0.1) is 5.92 Å². The van der Waals surface area contributed by atoms with Crippen LogP contribution in [0.4, 0.5) is 4.39 Å². The molecule has 94 valence electrons. The number of hydrogen-bond acceptors (Lipinski definition) is 2. The first-order valence-electron chi connectivity index (χ1n) is 5.38. The second-order valence-corrected chi connectivity index (χ2v) is 4.37. The number of aliphatic carboxylic acids is 1. The molecule has 0 amide bonds. The number of nitrogens with one attached hydrogen (secondary N) is 1. The first-order chi connectivity index (χ1) is 8.00. The summed E-state index contributed by atoms with van der Waals surface area (Å²) >= 11 is 5.76. The van der Waals surface area contributed by atoms with Crippen molar-refractivity contribution < 1.29 is 14.3 Å². The summed E-state index contributed by atoms with van der Waals surface area (Å²) in [6.45, 7) is 2.52. The number of carboxylic acids is 1. The van der Waals surface area contributed by atoms with Crippen molar-refractivity contribution in [3.8, 4) is 0 Å². The van der Waals surface area contributed by atoms with Gasteiger partial charge in [-0.2, -0.15) is 0 Å². The molecule has 0 radical (unpaired) electrons. The van der Waals surface area contributed by atoms with E-state index in [0.717, 1.165) is 0 Å². The molecule has 1 aromatic rings. The van der Waals surface area contributed by atoms with E-state index in [4.69, 9.17) is 16.7 Å². The van der Waals surface area contributed by atoms with E-state index in [9.17, 15) is 9.18 Å². The summed E-state index contributed by atoms with van der Waals surface area (Å²) in [7, 11) is 0. The summed E-state index contributed by atoms with van der Waals surface area (Å²) in [6, 6.07) is 4.41. The molecule has 1 atom stereocenters. The molecule has 1 unspecified atom stereocenters. The summed E-state index contributed by atoms with van der Waals surface area (Å²) in [5.74, 6) is -1.58. The van der Waals surface area contributed by atoms with Crippen LogP contribution in [-0.4, -0.2) is 24.2 Å². The second-order valence-electron chi connectivity index (χ2n) is 3.93. The summed E-state index contributed by atoms with van der Waals surface area (Å²) in [4.78, 5) is 10.5. The molecular formula is C12H15ClFNO2. The lowest BCUT2D eigenvalue weighted by molar-refractivity contribution is -0.140. The van der Waals surface area contributed by atoms with E-state index in [1.54, 1.807) is 13.0 Å². The number of carboxylic acid groups (broad SMARTS) is 1. The maximum absolute atomic E-state index is 13.3. The summed E-state index contributed by atoms with van der Waals surface area (Å²) in [5.41, 5.74) is 0.535. The molecule has 0 heterocycles. The lowest BCUT2D eigenvalue weighted by atomic mass is 10.1. The van der Waals surface area contributed by atoms with E-state index in [-0.39, 0.29) is 5.82 Å². The fourth-order valence-corrected chi connectivity index (χ4v) is 1.56. The molecule has 0 saturated heterocycles. The molecule has 1 rings (SSSR count). The minimum absolute atomic E-state index is 0.289. The molecule has 0 bridgehead atoms. The van der Waals surface area contributed by atoms with Crippen LogP contribution in [0.3, 0.4) is 0 Å². The van der Waals surface area contributed by atoms with Crippen molar-refractivity contribution in [2.45, 2.75) is 13.3 Å². The van der Waals surface area contributed by atoms with Crippen LogP contribution in [0, 0.1) is 11.7 Å². The van der Waals surface area contributed by atoms with Gasteiger partial charge in [0.25, 0.3) is 0 Å². The first-order valence-corrected chi connectivity index (χ1v) is 5.76. The van der Waals surface area contributed by atoms with Crippen LogP contribution in [-0.2, 0) is 11.2 Å². The van der Waals surface area contributed by atoms with E-state index >= 15 is 0 Å². The van der Waals surface area contributed by atoms with Gasteiger partial charge in [0.15, 0.2) is 0 Å². The van der Waals surface area contributed by atoms with E-state index in [0.29, 0.717) is 30.1 Å². The molecule has 3 nitrogen and oxygen atoms in total. The second kappa shape index (κ2) is 6.57. The highest BCUT2D eigenvalue weighted by molar-refractivity contribution is 6.30. The smallest absolute Gasteiger partial charge is 0.307 e. The number of benzene rings is 1. The van der Waals surface area contributed by atoms with Crippen molar-refractivity contribution in [2.24, 2.45) is 5.92 Å². The monoisotopic (exact) mass is 259 g/mol. The molecule has 0 aliphatic rings. The third-order valence-electron chi connectivity index (χ3n) is 2.45. The van der Waals surface area contributed by atoms with Gasteiger partial charge in [0.2, 0.25) is 0 Å². The Kier molecular flexibility index (Phi) is 5.38. The molecular weight excluding hydrogens is 245 g/mol. The zero-order valence-electron chi connectivity index (χ0n) is 9.54. The number of halogens is 2. The van der Waals surface area contributed by atoms with Crippen LogP contribution in [0.1, 0.15) is 12.5 Å². The predicted molar refractivity (Wildman–Crippen MR) is 64.8 cm³/mol. The van der Waals surface area contributed by atoms with Gasteiger partial charge < -0.3 is 10.4 Å². The standard InChI is InChI=1S/C12H15ClFNO2/c1-8(12(16)17)7-15-5-4-9-6-10(13)2-3-11(9)14/h2-3,6,8,15H,4-5,7H2,1H3,(H,16,17). The fourth-order valence-electron chi connectivity index (χ4n) is 1.36. The molecule has 2 N–H and O–H groups in total. The molecule has 0 spiro atoms. The highest BCUT2D eigenvalue weighted by atomic mass is 35.5. The van der Waals surface area contributed by atoms with Gasteiger partial charge in [-0.1, -0.05) is 18.5 Å². The third kappa shape index (κ3) is 4.71. The lowest BCUT2D eigenvalue weighted by Gasteiger charge is -2.08. The Morgan fingerprint density at radius 1 is 1.59 bits per heavy atom. The molecule has 0 aromatic heterocycles. The van der Waals surface area contributed by atoms with Gasteiger partial charge in [-0.15, -0.1) is 0 Å². The molecule has 0 aliphatic carbocycles. The number of rotatable bonds is 6. The minimum Gasteiger partial charge on any atom is -0.481 e. The minimum atomic E-state index is -0.841. The van der Waals surface area contributed by atoms with Crippen LogP contribution < -0.4 is 5.32 Å². The van der Waals surface area contributed by atoms with Crippen molar-refractivity contribution in [1.82, 2.24) is 5.32 Å². The zero-order valence-corrected chi connectivity index (χ0v) is 10.3. The highest BCUT2D eigenvalue weighted by Crippen LogP contribution is 2.14. The van der Waals surface area contributed by atoms with E-state index < -0.39 is 11.9 Å². The molecule has 1 aromatic carbocycles. The Balaban J connectivity index is 2.36. The molecule has 5 heteroatoms. The van der Waals surface area contributed by atoms with Gasteiger partial charge >= 0.3 is 5.97 Å². The lowest BCUT2D eigenvalue weighted by Crippen LogP contribution is -2.28. The van der Waals surface area contributed by atoms with Gasteiger partial charge in [-0.3, -0.25) is 4.79 Å². The maximum Gasteiger partial charge on any atom is 0.307 e. The summed E-state index contributed by atoms with van der Waals surface area (Å²) in [6.07, 6.45) is 0.485. The Hall–Kier alpha value is -1.13. The quantitative estimate of drug-likeness (QED) is 0.771. The molecule has 0 saturated carbocycles. The first kappa shape index (κ1) is 13.9. The maximum atomic E-state index is 13.3. The van der Waals surface area contributed by atoms with Gasteiger partial charge in [-0.05, 0) is 36.7 Å². The van der Waals surface area contributed by atoms with Crippen molar-refractivity contribution in [2.75, 3.05) is 13.1 Å². The van der Waals surface area contributed by atoms with Gasteiger partial charge in [-0.25, -0.2) is 4.39 Å². The van der Waals surface area contributed by atoms with Gasteiger partial charge in [0.1, 0.15) is 5.82 Å². The van der Waals surface area contributed by atoms with Crippen molar-refractivity contribution in [3.63, 3.8) is 0 Å². The number of hydrogen-bond donors (Lipinski definition) is 2. The molecule has 0 aliphatic heterocycles. The largest absolute Gasteiger partial charge is 0.481 e. The van der Waals surface area contributed by atoms with Crippen LogP contribution in [0.2, 0.25) is 5.02 Å². The Morgan fingerprint density at radius 3 is 2.94 bits per heavy atom. The predicted octanol–water partition coefficient (Wildman–Crippen LogP) is 2.33. The fraction of sp³-hybridized carbons (Fsp3) is 0.417. The average Bonchev–Trinajstić information content (AvgIpc) is 2.28. The van der Waals surface area contributed by atoms with Crippen molar-refractivity contribution >= 4 is 17.6 Å². The Bertz CT molecular complexity index is 398. The Morgan fingerprint density at radius 2 is 2.29 bits per heavy atom. The van der Waals surface area contributed by atoms with Crippen LogP contribution >= 0.6 is 11.6 Å². The van der Waals surface area contributed by atoms with Crippen molar-refractivity contribution in [1.29, 1.82) is 0 Å². The van der Waals surface area contributed by atoms with E-state index in [2.05, 4.69) is 5.32 Å². The molecule has 0 fully saturated rings. The van der Waals surface area contributed by atoms with Crippen molar-refractivity contribution in [3.05, 3.63) is 34.6 Å². The third-order valence-corrected chi connectivity index (χ3v) is 2.69. The van der Waals surface area contributed by atoms with Gasteiger partial charge in [0, 0.05) is 11.6 Å². The summed E-state index contributed by atoms with van der Waals surface area (Å²) < 4.78 is 13.3. The SMILES string of the molecule is CC(CNCCc1cc(Cl)ccc1F)C(=O)O. The summed E-state index contributed by atoms with van der Waals surface area (Å²) in [5, 5.41) is 12.1. The topological polar surface area (TPSA) is 49.3 Å². The van der Waals surface area contributed by atoms with E-state index in [1.807, 2.05) is 0 Å². The average molecular weight is 260 g/mol. The zero-order chi connectivity index (χ0) is 12.8. The highest BCUT2D eigenvalue weighted by Gasteiger charge is 2.09.